The van der Waals surface area contributed by atoms with Crippen molar-refractivity contribution in [1.82, 2.24) is 0 Å². The summed E-state index contributed by atoms with van der Waals surface area (Å²) < 4.78 is 11.1. The van der Waals surface area contributed by atoms with Crippen molar-refractivity contribution in [3.63, 3.8) is 0 Å². The molecule has 5 heteroatoms. The van der Waals surface area contributed by atoms with Crippen molar-refractivity contribution in [2.24, 2.45) is 0 Å². The SMILES string of the molecule is ClCC(CC1CCCCO1)OOC1CCCCO1. The van der Waals surface area contributed by atoms with Gasteiger partial charge in [-0.15, -0.1) is 11.6 Å². The predicted octanol–water partition coefficient (Wildman–Crippen LogP) is 3.03. The van der Waals surface area contributed by atoms with Gasteiger partial charge in [-0.1, -0.05) is 0 Å². The molecule has 0 spiro atoms. The Morgan fingerprint density at radius 3 is 2.44 bits per heavy atom. The van der Waals surface area contributed by atoms with Gasteiger partial charge in [-0.05, 0) is 32.1 Å². The normalized spacial score (nSPS) is 31.2. The van der Waals surface area contributed by atoms with Crippen LogP contribution in [-0.2, 0) is 19.2 Å². The van der Waals surface area contributed by atoms with Gasteiger partial charge in [0.15, 0.2) is 6.29 Å². The standard InChI is InChI=1S/C13H23ClO4/c14-10-12(9-11-5-1-3-7-15-11)17-18-13-6-2-4-8-16-13/h11-13H,1-10H2. The van der Waals surface area contributed by atoms with Crippen molar-refractivity contribution in [3.8, 4) is 0 Å². The molecule has 0 amide bonds. The van der Waals surface area contributed by atoms with E-state index in [0.29, 0.717) is 5.88 Å². The van der Waals surface area contributed by atoms with E-state index in [0.717, 1.165) is 51.7 Å². The van der Waals surface area contributed by atoms with Crippen LogP contribution < -0.4 is 0 Å². The van der Waals surface area contributed by atoms with E-state index in [2.05, 4.69) is 0 Å². The third-order valence-corrected chi connectivity index (χ3v) is 3.75. The molecule has 18 heavy (non-hydrogen) atoms. The van der Waals surface area contributed by atoms with Crippen LogP contribution in [0.1, 0.15) is 44.9 Å². The summed E-state index contributed by atoms with van der Waals surface area (Å²) in [7, 11) is 0. The van der Waals surface area contributed by atoms with E-state index in [1.54, 1.807) is 0 Å². The molecule has 2 heterocycles. The highest BCUT2D eigenvalue weighted by Crippen LogP contribution is 2.20. The highest BCUT2D eigenvalue weighted by molar-refractivity contribution is 6.18. The number of hydrogen-bond donors (Lipinski definition) is 0. The first kappa shape index (κ1) is 14.5. The van der Waals surface area contributed by atoms with Gasteiger partial charge in [0.25, 0.3) is 0 Å². The van der Waals surface area contributed by atoms with Gasteiger partial charge in [-0.2, -0.15) is 0 Å². The Hall–Kier alpha value is 0.130. The molecule has 0 aliphatic carbocycles. The third kappa shape index (κ3) is 5.02. The molecule has 2 rings (SSSR count). The van der Waals surface area contributed by atoms with Crippen LogP contribution in [-0.4, -0.2) is 37.6 Å². The molecule has 3 atom stereocenters. The summed E-state index contributed by atoms with van der Waals surface area (Å²) in [6, 6.07) is 0. The molecular weight excluding hydrogens is 256 g/mol. The fourth-order valence-electron chi connectivity index (χ4n) is 2.34. The predicted molar refractivity (Wildman–Crippen MR) is 68.5 cm³/mol. The molecule has 3 unspecified atom stereocenters. The smallest absolute Gasteiger partial charge is 0.191 e. The molecule has 0 bridgehead atoms. The second kappa shape index (κ2) is 8.33. The van der Waals surface area contributed by atoms with E-state index in [1.165, 1.54) is 6.42 Å². The highest BCUT2D eigenvalue weighted by Gasteiger charge is 2.22. The molecule has 2 saturated heterocycles. The van der Waals surface area contributed by atoms with Crippen molar-refractivity contribution in [3.05, 3.63) is 0 Å². The van der Waals surface area contributed by atoms with E-state index >= 15 is 0 Å². The zero-order valence-corrected chi connectivity index (χ0v) is 11.6. The van der Waals surface area contributed by atoms with Crippen molar-refractivity contribution in [2.75, 3.05) is 19.1 Å². The topological polar surface area (TPSA) is 36.9 Å². The molecule has 2 aliphatic heterocycles. The first-order chi connectivity index (χ1) is 8.88. The van der Waals surface area contributed by atoms with Gasteiger partial charge in [0.05, 0.1) is 12.0 Å². The van der Waals surface area contributed by atoms with Crippen molar-refractivity contribution < 1.29 is 19.2 Å². The zero-order valence-electron chi connectivity index (χ0n) is 10.8. The monoisotopic (exact) mass is 278 g/mol. The summed E-state index contributed by atoms with van der Waals surface area (Å²) in [6.45, 7) is 1.61. The van der Waals surface area contributed by atoms with Gasteiger partial charge < -0.3 is 9.47 Å². The zero-order chi connectivity index (χ0) is 12.6. The van der Waals surface area contributed by atoms with Crippen LogP contribution in [0.15, 0.2) is 0 Å². The van der Waals surface area contributed by atoms with Gasteiger partial charge >= 0.3 is 0 Å². The van der Waals surface area contributed by atoms with Gasteiger partial charge in [-0.3, -0.25) is 0 Å². The Balaban J connectivity index is 1.64. The number of alkyl halides is 1. The van der Waals surface area contributed by atoms with E-state index in [-0.39, 0.29) is 18.5 Å². The van der Waals surface area contributed by atoms with Crippen LogP contribution in [0.5, 0.6) is 0 Å². The molecule has 2 aliphatic rings. The van der Waals surface area contributed by atoms with Gasteiger partial charge in [0.2, 0.25) is 0 Å². The number of hydrogen-bond acceptors (Lipinski definition) is 4. The summed E-state index contributed by atoms with van der Waals surface area (Å²) >= 11 is 5.90. The lowest BCUT2D eigenvalue weighted by Crippen LogP contribution is -2.30. The minimum absolute atomic E-state index is 0.111. The fourth-order valence-corrected chi connectivity index (χ4v) is 2.52. The van der Waals surface area contributed by atoms with Crippen LogP contribution in [0.2, 0.25) is 0 Å². The number of ether oxygens (including phenoxy) is 2. The maximum absolute atomic E-state index is 5.90. The maximum Gasteiger partial charge on any atom is 0.191 e. The molecule has 4 nitrogen and oxygen atoms in total. The first-order valence-electron chi connectivity index (χ1n) is 7.00. The van der Waals surface area contributed by atoms with Crippen molar-refractivity contribution in [1.29, 1.82) is 0 Å². The fraction of sp³-hybridized carbons (Fsp3) is 1.00. The van der Waals surface area contributed by atoms with Crippen molar-refractivity contribution in [2.45, 2.75) is 63.4 Å². The Labute approximate surface area is 114 Å². The van der Waals surface area contributed by atoms with E-state index < -0.39 is 0 Å². The quantitative estimate of drug-likeness (QED) is 0.425. The first-order valence-corrected chi connectivity index (χ1v) is 7.53. The van der Waals surface area contributed by atoms with Gasteiger partial charge in [0.1, 0.15) is 6.10 Å². The highest BCUT2D eigenvalue weighted by atomic mass is 35.5. The Kier molecular flexibility index (Phi) is 6.73. The molecule has 106 valence electrons. The largest absolute Gasteiger partial charge is 0.378 e. The minimum Gasteiger partial charge on any atom is -0.378 e. The molecule has 0 N–H and O–H groups in total. The van der Waals surface area contributed by atoms with Gasteiger partial charge in [0, 0.05) is 26.1 Å². The molecule has 0 radical (unpaired) electrons. The van der Waals surface area contributed by atoms with Crippen LogP contribution in [0.4, 0.5) is 0 Å². The third-order valence-electron chi connectivity index (χ3n) is 3.41. The summed E-state index contributed by atoms with van der Waals surface area (Å²) in [5.41, 5.74) is 0. The molecule has 0 aromatic rings. The van der Waals surface area contributed by atoms with Crippen LogP contribution >= 0.6 is 11.6 Å². The van der Waals surface area contributed by atoms with E-state index in [9.17, 15) is 0 Å². The lowest BCUT2D eigenvalue weighted by molar-refractivity contribution is -0.402. The second-order valence-electron chi connectivity index (χ2n) is 4.99. The lowest BCUT2D eigenvalue weighted by atomic mass is 10.0. The summed E-state index contributed by atoms with van der Waals surface area (Å²) in [5, 5.41) is 0. The second-order valence-corrected chi connectivity index (χ2v) is 5.30. The summed E-state index contributed by atoms with van der Waals surface area (Å²) in [5.74, 6) is 0.423. The number of halogens is 1. The lowest BCUT2D eigenvalue weighted by Gasteiger charge is -2.27. The molecule has 0 aromatic carbocycles. The van der Waals surface area contributed by atoms with Crippen LogP contribution in [0.25, 0.3) is 0 Å². The molecular formula is C13H23ClO4. The average molecular weight is 279 g/mol. The maximum atomic E-state index is 5.90. The van der Waals surface area contributed by atoms with Crippen molar-refractivity contribution >= 4 is 11.6 Å². The van der Waals surface area contributed by atoms with E-state index in [1.807, 2.05) is 0 Å². The average Bonchev–Trinajstić information content (AvgIpc) is 2.45. The van der Waals surface area contributed by atoms with E-state index in [4.69, 9.17) is 30.8 Å². The Morgan fingerprint density at radius 2 is 1.83 bits per heavy atom. The Bertz CT molecular complexity index is 215. The van der Waals surface area contributed by atoms with Crippen LogP contribution in [0, 0.1) is 0 Å². The minimum atomic E-state index is -0.225. The molecule has 0 aromatic heterocycles. The molecule has 0 saturated carbocycles. The number of rotatable bonds is 6. The van der Waals surface area contributed by atoms with Gasteiger partial charge in [-0.25, -0.2) is 9.78 Å². The summed E-state index contributed by atoms with van der Waals surface area (Å²) in [4.78, 5) is 10.7. The Morgan fingerprint density at radius 1 is 1.06 bits per heavy atom. The van der Waals surface area contributed by atoms with Crippen LogP contribution in [0.3, 0.4) is 0 Å². The molecule has 2 fully saturated rings. The summed E-state index contributed by atoms with van der Waals surface area (Å²) in [6.07, 6.45) is 7.35.